The van der Waals surface area contributed by atoms with E-state index in [0.717, 1.165) is 22.4 Å². The maximum Gasteiger partial charge on any atom is 0.220 e. The first kappa shape index (κ1) is 13.4. The van der Waals surface area contributed by atoms with Crippen molar-refractivity contribution in [1.82, 2.24) is 4.98 Å². The molecule has 0 aliphatic rings. The minimum absolute atomic E-state index is 0.331. The molecule has 3 nitrogen and oxygen atoms in total. The van der Waals surface area contributed by atoms with Gasteiger partial charge in [0.25, 0.3) is 0 Å². The Hall–Kier alpha value is -2.62. The quantitative estimate of drug-likeness (QED) is 0.754. The maximum absolute atomic E-state index is 12.1. The van der Waals surface area contributed by atoms with Gasteiger partial charge in [-0.15, -0.1) is 0 Å². The average molecular weight is 282 g/mol. The van der Waals surface area contributed by atoms with E-state index in [-0.39, 0.29) is 6.67 Å². The first-order valence-electron chi connectivity index (χ1n) is 6.79. The zero-order valence-electron chi connectivity index (χ0n) is 11.4. The molecule has 0 saturated heterocycles. The molecule has 4 heteroatoms. The van der Waals surface area contributed by atoms with Crippen LogP contribution in [0.15, 0.2) is 52.9 Å². The topological polar surface area (TPSA) is 38.1 Å². The lowest BCUT2D eigenvalue weighted by molar-refractivity contribution is 0.513. The molecule has 0 spiro atoms. The predicted octanol–water partition coefficient (Wildman–Crippen LogP) is 4.38. The summed E-state index contributed by atoms with van der Waals surface area (Å²) in [4.78, 5) is 4.38. The van der Waals surface area contributed by atoms with Gasteiger partial charge in [-0.25, -0.2) is 9.37 Å². The van der Waals surface area contributed by atoms with Crippen molar-refractivity contribution in [3.8, 4) is 0 Å². The van der Waals surface area contributed by atoms with E-state index in [1.807, 2.05) is 60.7 Å². The zero-order chi connectivity index (χ0) is 14.5. The molecule has 1 N–H and O–H groups in total. The van der Waals surface area contributed by atoms with Gasteiger partial charge in [-0.1, -0.05) is 24.3 Å². The molecule has 0 saturated carbocycles. The third-order valence-corrected chi connectivity index (χ3v) is 3.06. The Morgan fingerprint density at radius 1 is 1.05 bits per heavy atom. The van der Waals surface area contributed by atoms with Gasteiger partial charge in [0.05, 0.1) is 0 Å². The van der Waals surface area contributed by atoms with Gasteiger partial charge in [0.15, 0.2) is 5.58 Å². The molecule has 0 bridgehead atoms. The van der Waals surface area contributed by atoms with Crippen LogP contribution >= 0.6 is 0 Å². The highest BCUT2D eigenvalue weighted by Crippen LogP contribution is 2.17. The highest BCUT2D eigenvalue weighted by Gasteiger charge is 2.00. The van der Waals surface area contributed by atoms with E-state index in [4.69, 9.17) is 4.42 Å². The lowest BCUT2D eigenvalue weighted by Crippen LogP contribution is -2.02. The van der Waals surface area contributed by atoms with Gasteiger partial charge in [0.1, 0.15) is 12.2 Å². The number of halogens is 1. The molecular weight excluding hydrogens is 267 g/mol. The van der Waals surface area contributed by atoms with E-state index in [0.29, 0.717) is 12.4 Å². The summed E-state index contributed by atoms with van der Waals surface area (Å²) in [7, 11) is 0. The standard InChI is InChI=1S/C17H15FN2O/c18-11-12-19-14-8-5-13(6-9-14)7-10-17-20-15-3-1-2-4-16(15)21-17/h1-10,19H,11-12H2/b10-7+. The van der Waals surface area contributed by atoms with Crippen molar-refractivity contribution in [2.75, 3.05) is 18.5 Å². The van der Waals surface area contributed by atoms with Crippen LogP contribution in [-0.2, 0) is 0 Å². The number of aromatic nitrogens is 1. The molecule has 0 fully saturated rings. The molecule has 0 aliphatic carbocycles. The molecule has 0 aliphatic heterocycles. The number of benzene rings is 2. The van der Waals surface area contributed by atoms with Crippen LogP contribution in [0.3, 0.4) is 0 Å². The van der Waals surface area contributed by atoms with Crippen LogP contribution in [0.5, 0.6) is 0 Å². The van der Waals surface area contributed by atoms with Crippen LogP contribution in [-0.4, -0.2) is 18.2 Å². The fourth-order valence-corrected chi connectivity index (χ4v) is 2.03. The van der Waals surface area contributed by atoms with Crippen molar-refractivity contribution < 1.29 is 8.81 Å². The van der Waals surface area contributed by atoms with Crippen LogP contribution in [0.25, 0.3) is 23.3 Å². The highest BCUT2D eigenvalue weighted by molar-refractivity contribution is 5.76. The number of hydrogen-bond acceptors (Lipinski definition) is 3. The Morgan fingerprint density at radius 3 is 2.62 bits per heavy atom. The van der Waals surface area contributed by atoms with Crippen LogP contribution in [0, 0.1) is 0 Å². The maximum atomic E-state index is 12.1. The summed E-state index contributed by atoms with van der Waals surface area (Å²) in [6.07, 6.45) is 3.77. The third kappa shape index (κ3) is 3.28. The molecule has 3 rings (SSSR count). The molecular formula is C17H15FN2O. The molecule has 0 atom stereocenters. The third-order valence-electron chi connectivity index (χ3n) is 3.06. The molecule has 2 aromatic carbocycles. The largest absolute Gasteiger partial charge is 0.437 e. The van der Waals surface area contributed by atoms with Gasteiger partial charge in [-0.05, 0) is 35.9 Å². The summed E-state index contributed by atoms with van der Waals surface area (Å²) in [5, 5.41) is 2.98. The first-order chi connectivity index (χ1) is 10.3. The van der Waals surface area contributed by atoms with Gasteiger partial charge in [0.2, 0.25) is 5.89 Å². The van der Waals surface area contributed by atoms with Crippen molar-refractivity contribution in [3.05, 3.63) is 60.0 Å². The number of nitrogens with zero attached hydrogens (tertiary/aromatic N) is 1. The van der Waals surface area contributed by atoms with Crippen molar-refractivity contribution in [1.29, 1.82) is 0 Å². The summed E-state index contributed by atoms with van der Waals surface area (Å²) < 4.78 is 17.7. The van der Waals surface area contributed by atoms with E-state index in [1.165, 1.54) is 0 Å². The second-order valence-corrected chi connectivity index (χ2v) is 4.59. The fourth-order valence-electron chi connectivity index (χ4n) is 2.03. The van der Waals surface area contributed by atoms with Gasteiger partial charge < -0.3 is 9.73 Å². The Morgan fingerprint density at radius 2 is 1.86 bits per heavy atom. The fraction of sp³-hybridized carbons (Fsp3) is 0.118. The number of fused-ring (bicyclic) bond motifs is 1. The van der Waals surface area contributed by atoms with Crippen molar-refractivity contribution in [3.63, 3.8) is 0 Å². The number of para-hydroxylation sites is 2. The van der Waals surface area contributed by atoms with E-state index in [9.17, 15) is 4.39 Å². The SMILES string of the molecule is FCCNc1ccc(/C=C/c2nc3ccccc3o2)cc1. The van der Waals surface area contributed by atoms with E-state index < -0.39 is 0 Å². The molecule has 3 aromatic rings. The van der Waals surface area contributed by atoms with Gasteiger partial charge in [-0.2, -0.15) is 0 Å². The van der Waals surface area contributed by atoms with Crippen molar-refractivity contribution in [2.24, 2.45) is 0 Å². The number of rotatable bonds is 5. The molecule has 1 aromatic heterocycles. The van der Waals surface area contributed by atoms with E-state index in [2.05, 4.69) is 10.3 Å². The average Bonchev–Trinajstić information content (AvgIpc) is 2.95. The number of nitrogens with one attached hydrogen (secondary N) is 1. The van der Waals surface area contributed by atoms with E-state index in [1.54, 1.807) is 0 Å². The Balaban J connectivity index is 1.73. The van der Waals surface area contributed by atoms with Crippen LogP contribution in [0.2, 0.25) is 0 Å². The monoisotopic (exact) mass is 282 g/mol. The molecule has 0 unspecified atom stereocenters. The number of anilines is 1. The molecule has 106 valence electrons. The summed E-state index contributed by atoms with van der Waals surface area (Å²) in [5.74, 6) is 0.579. The minimum Gasteiger partial charge on any atom is -0.437 e. The summed E-state index contributed by atoms with van der Waals surface area (Å²) >= 11 is 0. The molecule has 1 heterocycles. The number of oxazole rings is 1. The second kappa shape index (κ2) is 6.22. The summed E-state index contributed by atoms with van der Waals surface area (Å²) in [5.41, 5.74) is 3.57. The number of alkyl halides is 1. The second-order valence-electron chi connectivity index (χ2n) is 4.59. The lowest BCUT2D eigenvalue weighted by Gasteiger charge is -2.03. The van der Waals surface area contributed by atoms with Crippen molar-refractivity contribution in [2.45, 2.75) is 0 Å². The van der Waals surface area contributed by atoms with Gasteiger partial charge in [0, 0.05) is 18.3 Å². The van der Waals surface area contributed by atoms with Gasteiger partial charge in [-0.3, -0.25) is 0 Å². The Labute approximate surface area is 122 Å². The summed E-state index contributed by atoms with van der Waals surface area (Å²) in [6, 6.07) is 15.4. The van der Waals surface area contributed by atoms with Crippen LogP contribution < -0.4 is 5.32 Å². The normalized spacial score (nSPS) is 11.3. The highest BCUT2D eigenvalue weighted by atomic mass is 19.1. The lowest BCUT2D eigenvalue weighted by atomic mass is 10.2. The van der Waals surface area contributed by atoms with Crippen LogP contribution in [0.1, 0.15) is 11.5 Å². The molecule has 0 amide bonds. The smallest absolute Gasteiger partial charge is 0.220 e. The molecule has 0 radical (unpaired) electrons. The van der Waals surface area contributed by atoms with E-state index >= 15 is 0 Å². The predicted molar refractivity (Wildman–Crippen MR) is 83.8 cm³/mol. The summed E-state index contributed by atoms with van der Waals surface area (Å²) in [6.45, 7) is -0.0442. The van der Waals surface area contributed by atoms with Gasteiger partial charge >= 0.3 is 0 Å². The first-order valence-corrected chi connectivity index (χ1v) is 6.79. The number of hydrogen-bond donors (Lipinski definition) is 1. The van der Waals surface area contributed by atoms with Crippen molar-refractivity contribution >= 4 is 28.9 Å². The minimum atomic E-state index is -0.376. The molecule has 21 heavy (non-hydrogen) atoms. The Bertz CT molecular complexity index is 714. The van der Waals surface area contributed by atoms with Crippen LogP contribution in [0.4, 0.5) is 10.1 Å². The Kier molecular flexibility index (Phi) is 3.96. The zero-order valence-corrected chi connectivity index (χ0v) is 11.4.